The minimum absolute atomic E-state index is 0.184. The number of phenols is 1. The van der Waals surface area contributed by atoms with Gasteiger partial charge in [0.1, 0.15) is 0 Å². The minimum Gasteiger partial charge on any atom is -0.504 e. The summed E-state index contributed by atoms with van der Waals surface area (Å²) >= 11 is 0. The number of phenolic OH excluding ortho intramolecular Hbond substituents is 1. The maximum atomic E-state index is 9.60. The quantitative estimate of drug-likeness (QED) is 0.730. The summed E-state index contributed by atoms with van der Waals surface area (Å²) in [5, 5.41) is 13.1. The summed E-state index contributed by atoms with van der Waals surface area (Å²) in [6.45, 7) is 10.8. The maximum absolute atomic E-state index is 9.60. The van der Waals surface area contributed by atoms with Gasteiger partial charge in [-0.2, -0.15) is 0 Å². The number of likely N-dealkylation sites (N-methyl/N-ethyl adjacent to an activating group) is 1. The van der Waals surface area contributed by atoms with Gasteiger partial charge in [0.2, 0.25) is 0 Å². The first-order chi connectivity index (χ1) is 9.62. The minimum atomic E-state index is 0.184. The van der Waals surface area contributed by atoms with Crippen LogP contribution in [0.5, 0.6) is 11.5 Å². The molecule has 0 radical (unpaired) electrons. The van der Waals surface area contributed by atoms with Crippen molar-refractivity contribution in [3.8, 4) is 11.5 Å². The van der Waals surface area contributed by atoms with E-state index in [1.807, 2.05) is 12.1 Å². The molecule has 1 aromatic rings. The van der Waals surface area contributed by atoms with Gasteiger partial charge >= 0.3 is 0 Å². The van der Waals surface area contributed by atoms with Crippen molar-refractivity contribution in [2.75, 3.05) is 33.3 Å². The monoisotopic (exact) mass is 280 g/mol. The molecule has 1 unspecified atom stereocenters. The van der Waals surface area contributed by atoms with Crippen molar-refractivity contribution < 1.29 is 9.84 Å². The molecule has 20 heavy (non-hydrogen) atoms. The van der Waals surface area contributed by atoms with Crippen LogP contribution in [0.25, 0.3) is 0 Å². The lowest BCUT2D eigenvalue weighted by Gasteiger charge is -2.22. The third-order valence-electron chi connectivity index (χ3n) is 3.57. The molecule has 0 aliphatic rings. The van der Waals surface area contributed by atoms with Gasteiger partial charge < -0.3 is 20.1 Å². The van der Waals surface area contributed by atoms with Gasteiger partial charge in [-0.05, 0) is 44.1 Å². The van der Waals surface area contributed by atoms with Gasteiger partial charge in [0.15, 0.2) is 11.5 Å². The predicted octanol–water partition coefficient (Wildman–Crippen LogP) is 2.78. The summed E-state index contributed by atoms with van der Waals surface area (Å²) in [5.74, 6) is 0.709. The van der Waals surface area contributed by atoms with Crippen LogP contribution >= 0.6 is 0 Å². The molecule has 1 atom stereocenters. The number of nitrogens with one attached hydrogen (secondary N) is 1. The molecular weight excluding hydrogens is 252 g/mol. The molecule has 0 aliphatic heterocycles. The average Bonchev–Trinajstić information content (AvgIpc) is 2.46. The molecule has 114 valence electrons. The normalized spacial score (nSPS) is 12.7. The van der Waals surface area contributed by atoms with Crippen LogP contribution in [0.1, 0.15) is 38.8 Å². The Morgan fingerprint density at radius 1 is 1.30 bits per heavy atom. The highest BCUT2D eigenvalue weighted by Gasteiger charge is 2.09. The van der Waals surface area contributed by atoms with Crippen LogP contribution in [-0.4, -0.2) is 43.3 Å². The summed E-state index contributed by atoms with van der Waals surface area (Å²) in [4.78, 5) is 2.44. The zero-order chi connectivity index (χ0) is 15.0. The van der Waals surface area contributed by atoms with Gasteiger partial charge in [0.05, 0.1) is 7.11 Å². The van der Waals surface area contributed by atoms with E-state index in [0.717, 1.165) is 31.7 Å². The van der Waals surface area contributed by atoms with Crippen LogP contribution in [0.15, 0.2) is 18.2 Å². The zero-order valence-corrected chi connectivity index (χ0v) is 13.1. The standard InChI is InChI=1S/C16H28N2O2/c1-5-10-18(6-2)11-9-17-13(3)14-7-8-15(19)16(12-14)20-4/h7-8,12-13,17,19H,5-6,9-11H2,1-4H3. The largest absolute Gasteiger partial charge is 0.504 e. The van der Waals surface area contributed by atoms with Crippen LogP contribution in [0, 0.1) is 0 Å². The van der Waals surface area contributed by atoms with E-state index in [-0.39, 0.29) is 11.8 Å². The summed E-state index contributed by atoms with van der Waals surface area (Å²) in [6.07, 6.45) is 1.19. The number of hydrogen-bond donors (Lipinski definition) is 2. The molecule has 0 aliphatic carbocycles. The molecule has 0 amide bonds. The predicted molar refractivity (Wildman–Crippen MR) is 83.5 cm³/mol. The molecule has 1 rings (SSSR count). The van der Waals surface area contributed by atoms with Crippen LogP contribution < -0.4 is 10.1 Å². The smallest absolute Gasteiger partial charge is 0.160 e. The van der Waals surface area contributed by atoms with E-state index < -0.39 is 0 Å². The van der Waals surface area contributed by atoms with E-state index in [9.17, 15) is 5.11 Å². The van der Waals surface area contributed by atoms with Gasteiger partial charge in [-0.1, -0.05) is 19.9 Å². The van der Waals surface area contributed by atoms with E-state index in [4.69, 9.17) is 4.74 Å². The van der Waals surface area contributed by atoms with Crippen LogP contribution in [0.4, 0.5) is 0 Å². The van der Waals surface area contributed by atoms with Gasteiger partial charge in [0.25, 0.3) is 0 Å². The Hall–Kier alpha value is -1.26. The third-order valence-corrected chi connectivity index (χ3v) is 3.57. The molecule has 1 aromatic carbocycles. The van der Waals surface area contributed by atoms with Crippen molar-refractivity contribution in [1.29, 1.82) is 0 Å². The number of rotatable bonds is 9. The van der Waals surface area contributed by atoms with Crippen LogP contribution in [0.3, 0.4) is 0 Å². The highest BCUT2D eigenvalue weighted by atomic mass is 16.5. The van der Waals surface area contributed by atoms with E-state index in [2.05, 4.69) is 31.0 Å². The first kappa shape index (κ1) is 16.8. The molecule has 0 spiro atoms. The van der Waals surface area contributed by atoms with E-state index in [1.165, 1.54) is 6.42 Å². The average molecular weight is 280 g/mol. The zero-order valence-electron chi connectivity index (χ0n) is 13.1. The lowest BCUT2D eigenvalue weighted by Crippen LogP contribution is -2.33. The van der Waals surface area contributed by atoms with Gasteiger partial charge in [0, 0.05) is 19.1 Å². The molecule has 0 bridgehead atoms. The molecule has 0 saturated carbocycles. The molecule has 0 saturated heterocycles. The number of aromatic hydroxyl groups is 1. The Bertz CT molecular complexity index is 396. The fourth-order valence-electron chi connectivity index (χ4n) is 2.26. The van der Waals surface area contributed by atoms with E-state index in [0.29, 0.717) is 5.75 Å². The number of hydrogen-bond acceptors (Lipinski definition) is 4. The fourth-order valence-corrected chi connectivity index (χ4v) is 2.26. The third kappa shape index (κ3) is 5.02. The van der Waals surface area contributed by atoms with Crippen LogP contribution in [-0.2, 0) is 0 Å². The van der Waals surface area contributed by atoms with Crippen molar-refractivity contribution in [3.05, 3.63) is 23.8 Å². The van der Waals surface area contributed by atoms with E-state index in [1.54, 1.807) is 13.2 Å². The summed E-state index contributed by atoms with van der Waals surface area (Å²) < 4.78 is 5.14. The Kier molecular flexibility index (Phi) is 7.41. The molecule has 2 N–H and O–H groups in total. The van der Waals surface area contributed by atoms with Crippen LogP contribution in [0.2, 0.25) is 0 Å². The second-order valence-corrected chi connectivity index (χ2v) is 5.04. The highest BCUT2D eigenvalue weighted by molar-refractivity contribution is 5.42. The first-order valence-corrected chi connectivity index (χ1v) is 7.45. The van der Waals surface area contributed by atoms with Gasteiger partial charge in [-0.25, -0.2) is 0 Å². The first-order valence-electron chi connectivity index (χ1n) is 7.45. The van der Waals surface area contributed by atoms with Crippen molar-refractivity contribution in [3.63, 3.8) is 0 Å². The fraction of sp³-hybridized carbons (Fsp3) is 0.625. The molecule has 0 aromatic heterocycles. The highest BCUT2D eigenvalue weighted by Crippen LogP contribution is 2.28. The Labute approximate surface area is 122 Å². The van der Waals surface area contributed by atoms with Gasteiger partial charge in [-0.3, -0.25) is 0 Å². The van der Waals surface area contributed by atoms with Crippen molar-refractivity contribution in [2.45, 2.75) is 33.2 Å². The number of benzene rings is 1. The Morgan fingerprint density at radius 2 is 2.05 bits per heavy atom. The number of methoxy groups -OCH3 is 1. The summed E-state index contributed by atoms with van der Waals surface area (Å²) in [6, 6.07) is 5.74. The van der Waals surface area contributed by atoms with Crippen molar-refractivity contribution in [2.24, 2.45) is 0 Å². The van der Waals surface area contributed by atoms with E-state index >= 15 is 0 Å². The summed E-state index contributed by atoms with van der Waals surface area (Å²) in [7, 11) is 1.57. The molecule has 4 heteroatoms. The lowest BCUT2D eigenvalue weighted by molar-refractivity contribution is 0.284. The van der Waals surface area contributed by atoms with Crippen molar-refractivity contribution in [1.82, 2.24) is 10.2 Å². The summed E-state index contributed by atoms with van der Waals surface area (Å²) in [5.41, 5.74) is 1.12. The second kappa shape index (κ2) is 8.82. The molecule has 0 fully saturated rings. The number of nitrogens with zero attached hydrogens (tertiary/aromatic N) is 1. The second-order valence-electron chi connectivity index (χ2n) is 5.04. The number of ether oxygens (including phenoxy) is 1. The van der Waals surface area contributed by atoms with Crippen molar-refractivity contribution >= 4 is 0 Å². The SMILES string of the molecule is CCCN(CC)CCNC(C)c1ccc(O)c(OC)c1. The maximum Gasteiger partial charge on any atom is 0.160 e. The lowest BCUT2D eigenvalue weighted by atomic mass is 10.1. The topological polar surface area (TPSA) is 44.7 Å². The molecule has 4 nitrogen and oxygen atoms in total. The van der Waals surface area contributed by atoms with Gasteiger partial charge in [-0.15, -0.1) is 0 Å². The molecule has 0 heterocycles. The molecular formula is C16H28N2O2. The Balaban J connectivity index is 2.48. The Morgan fingerprint density at radius 3 is 2.65 bits per heavy atom.